The number of nitrogens with zero attached hydrogens (tertiary/aromatic N) is 2. The van der Waals surface area contributed by atoms with Crippen molar-refractivity contribution in [2.24, 2.45) is 0 Å². The Labute approximate surface area is 134 Å². The van der Waals surface area contributed by atoms with Gasteiger partial charge in [0, 0.05) is 11.9 Å². The van der Waals surface area contributed by atoms with Crippen LogP contribution >= 0.6 is 11.8 Å². The van der Waals surface area contributed by atoms with E-state index in [9.17, 15) is 4.79 Å². The first-order valence-corrected chi connectivity index (χ1v) is 8.00. The van der Waals surface area contributed by atoms with Crippen LogP contribution < -0.4 is 5.32 Å². The Morgan fingerprint density at radius 1 is 1.36 bits per heavy atom. The van der Waals surface area contributed by atoms with Crippen molar-refractivity contribution < 1.29 is 4.79 Å². The predicted molar refractivity (Wildman–Crippen MR) is 88.9 cm³/mol. The highest BCUT2D eigenvalue weighted by atomic mass is 32.2. The molecule has 0 fully saturated rings. The van der Waals surface area contributed by atoms with Gasteiger partial charge in [0.25, 0.3) is 0 Å². The van der Waals surface area contributed by atoms with Crippen LogP contribution in [0.4, 0.5) is 5.69 Å². The molecule has 1 N–H and O–H groups in total. The van der Waals surface area contributed by atoms with Crippen LogP contribution in [0.15, 0.2) is 41.6 Å². The molecule has 2 aromatic rings. The Morgan fingerprint density at radius 3 is 2.91 bits per heavy atom. The number of aryl methyl sites for hydroxylation is 2. The van der Waals surface area contributed by atoms with Crippen LogP contribution in [0.2, 0.25) is 0 Å². The Morgan fingerprint density at radius 2 is 2.18 bits per heavy atom. The number of rotatable bonds is 5. The lowest BCUT2D eigenvalue weighted by atomic mass is 10.1. The summed E-state index contributed by atoms with van der Waals surface area (Å²) in [6, 6.07) is 11.5. The number of para-hydroxylation sites is 1. The molecule has 1 heterocycles. The number of thioether (sulfide) groups is 1. The molecule has 112 valence electrons. The number of nitrogens with one attached hydrogen (secondary N) is 1. The van der Waals surface area contributed by atoms with Crippen molar-refractivity contribution in [3.05, 3.63) is 53.2 Å². The normalized spacial score (nSPS) is 10.0. The predicted octanol–water partition coefficient (Wildman–Crippen LogP) is 3.55. The van der Waals surface area contributed by atoms with E-state index in [1.54, 1.807) is 18.3 Å². The van der Waals surface area contributed by atoms with Crippen LogP contribution in [0.25, 0.3) is 0 Å². The molecule has 2 rings (SSSR count). The summed E-state index contributed by atoms with van der Waals surface area (Å²) in [5, 5.41) is 12.6. The molecule has 0 aliphatic carbocycles. The van der Waals surface area contributed by atoms with E-state index in [0.29, 0.717) is 10.6 Å². The first kappa shape index (κ1) is 16.1. The van der Waals surface area contributed by atoms with Crippen molar-refractivity contribution in [1.82, 2.24) is 4.98 Å². The number of carbonyl (C=O) groups is 1. The highest BCUT2D eigenvalue weighted by Crippen LogP contribution is 2.23. The van der Waals surface area contributed by atoms with Gasteiger partial charge in [-0.25, -0.2) is 4.98 Å². The van der Waals surface area contributed by atoms with Gasteiger partial charge in [0.1, 0.15) is 11.1 Å². The quantitative estimate of drug-likeness (QED) is 0.858. The number of hydrogen-bond donors (Lipinski definition) is 1. The minimum atomic E-state index is -0.0939. The number of aromatic nitrogens is 1. The fraction of sp³-hybridized carbons (Fsp3) is 0.235. The number of benzene rings is 1. The van der Waals surface area contributed by atoms with Crippen LogP contribution in [0.5, 0.6) is 0 Å². The van der Waals surface area contributed by atoms with E-state index in [1.165, 1.54) is 11.8 Å². The summed E-state index contributed by atoms with van der Waals surface area (Å²) < 4.78 is 0. The van der Waals surface area contributed by atoms with Crippen LogP contribution in [0, 0.1) is 18.3 Å². The molecule has 0 aliphatic heterocycles. The fourth-order valence-electron chi connectivity index (χ4n) is 2.10. The van der Waals surface area contributed by atoms with Gasteiger partial charge in [-0.2, -0.15) is 5.26 Å². The average Bonchev–Trinajstić information content (AvgIpc) is 2.55. The maximum absolute atomic E-state index is 12.2. The molecule has 0 atom stereocenters. The molecule has 0 unspecified atom stereocenters. The second kappa shape index (κ2) is 7.62. The third-order valence-corrected chi connectivity index (χ3v) is 4.24. The average molecular weight is 311 g/mol. The summed E-state index contributed by atoms with van der Waals surface area (Å²) in [6.07, 6.45) is 2.49. The molecule has 0 radical (unpaired) electrons. The number of nitriles is 1. The fourth-order valence-corrected chi connectivity index (χ4v) is 2.85. The summed E-state index contributed by atoms with van der Waals surface area (Å²) in [7, 11) is 0. The van der Waals surface area contributed by atoms with Gasteiger partial charge in [-0.1, -0.05) is 36.9 Å². The van der Waals surface area contributed by atoms with Gasteiger partial charge in [0.15, 0.2) is 0 Å². The van der Waals surface area contributed by atoms with E-state index in [2.05, 4.69) is 23.3 Å². The molecule has 5 heteroatoms. The summed E-state index contributed by atoms with van der Waals surface area (Å²) in [6.45, 7) is 4.04. The van der Waals surface area contributed by atoms with Crippen molar-refractivity contribution in [3.8, 4) is 6.07 Å². The van der Waals surface area contributed by atoms with Gasteiger partial charge >= 0.3 is 0 Å². The molecule has 1 aromatic heterocycles. The minimum absolute atomic E-state index is 0.0939. The van der Waals surface area contributed by atoms with Gasteiger partial charge < -0.3 is 5.32 Å². The lowest BCUT2D eigenvalue weighted by Gasteiger charge is -2.12. The lowest BCUT2D eigenvalue weighted by Crippen LogP contribution is -2.16. The van der Waals surface area contributed by atoms with E-state index in [1.807, 2.05) is 25.1 Å². The second-order valence-corrected chi connectivity index (χ2v) is 5.73. The van der Waals surface area contributed by atoms with E-state index in [-0.39, 0.29) is 11.7 Å². The Kier molecular flexibility index (Phi) is 5.56. The highest BCUT2D eigenvalue weighted by molar-refractivity contribution is 8.00. The standard InChI is InChI=1S/C17H17N3OS/c1-3-13-7-4-6-12(2)16(13)20-15(21)11-22-17-14(10-18)8-5-9-19-17/h4-9H,3,11H2,1-2H3,(H,20,21). The van der Waals surface area contributed by atoms with Gasteiger partial charge in [-0.3, -0.25) is 4.79 Å². The van der Waals surface area contributed by atoms with E-state index >= 15 is 0 Å². The monoisotopic (exact) mass is 311 g/mol. The zero-order valence-electron chi connectivity index (χ0n) is 12.6. The van der Waals surface area contributed by atoms with Gasteiger partial charge in [-0.05, 0) is 36.6 Å². The number of amides is 1. The number of carbonyl (C=O) groups excluding carboxylic acids is 1. The molecule has 1 amide bonds. The number of pyridine rings is 1. The summed E-state index contributed by atoms with van der Waals surface area (Å²) >= 11 is 1.27. The van der Waals surface area contributed by atoms with Crippen molar-refractivity contribution in [2.45, 2.75) is 25.3 Å². The van der Waals surface area contributed by atoms with Crippen LogP contribution in [0.1, 0.15) is 23.6 Å². The van der Waals surface area contributed by atoms with E-state index in [0.717, 1.165) is 23.2 Å². The van der Waals surface area contributed by atoms with Crippen LogP contribution in [-0.2, 0) is 11.2 Å². The third-order valence-electron chi connectivity index (χ3n) is 3.24. The van der Waals surface area contributed by atoms with Crippen molar-refractivity contribution in [1.29, 1.82) is 5.26 Å². The number of anilines is 1. The zero-order valence-corrected chi connectivity index (χ0v) is 13.4. The third kappa shape index (κ3) is 3.86. The van der Waals surface area contributed by atoms with E-state index < -0.39 is 0 Å². The molecular weight excluding hydrogens is 294 g/mol. The zero-order chi connectivity index (χ0) is 15.9. The van der Waals surface area contributed by atoms with Gasteiger partial charge in [-0.15, -0.1) is 0 Å². The van der Waals surface area contributed by atoms with Crippen molar-refractivity contribution in [2.75, 3.05) is 11.1 Å². The van der Waals surface area contributed by atoms with Crippen LogP contribution in [0.3, 0.4) is 0 Å². The largest absolute Gasteiger partial charge is 0.325 e. The second-order valence-electron chi connectivity index (χ2n) is 4.77. The maximum Gasteiger partial charge on any atom is 0.234 e. The van der Waals surface area contributed by atoms with Crippen molar-refractivity contribution >= 4 is 23.4 Å². The molecule has 0 spiro atoms. The first-order chi connectivity index (χ1) is 10.7. The number of hydrogen-bond acceptors (Lipinski definition) is 4. The topological polar surface area (TPSA) is 65.8 Å². The highest BCUT2D eigenvalue weighted by Gasteiger charge is 2.11. The molecule has 1 aromatic carbocycles. The molecule has 22 heavy (non-hydrogen) atoms. The Hall–Kier alpha value is -2.32. The summed E-state index contributed by atoms with van der Waals surface area (Å²) in [5.74, 6) is 0.131. The summed E-state index contributed by atoms with van der Waals surface area (Å²) in [5.41, 5.74) is 3.55. The molecule has 0 saturated carbocycles. The molecule has 0 aliphatic rings. The molecular formula is C17H17N3OS. The maximum atomic E-state index is 12.2. The smallest absolute Gasteiger partial charge is 0.234 e. The first-order valence-electron chi connectivity index (χ1n) is 7.02. The van der Waals surface area contributed by atoms with Gasteiger partial charge in [0.05, 0.1) is 11.3 Å². The Balaban J connectivity index is 2.04. The SMILES string of the molecule is CCc1cccc(C)c1NC(=O)CSc1ncccc1C#N. The lowest BCUT2D eigenvalue weighted by molar-refractivity contribution is -0.113. The van der Waals surface area contributed by atoms with Gasteiger partial charge in [0.2, 0.25) is 5.91 Å². The van der Waals surface area contributed by atoms with E-state index in [4.69, 9.17) is 5.26 Å². The molecule has 0 saturated heterocycles. The molecule has 4 nitrogen and oxygen atoms in total. The summed E-state index contributed by atoms with van der Waals surface area (Å²) in [4.78, 5) is 16.3. The van der Waals surface area contributed by atoms with Crippen molar-refractivity contribution in [3.63, 3.8) is 0 Å². The minimum Gasteiger partial charge on any atom is -0.325 e. The molecule has 0 bridgehead atoms. The van der Waals surface area contributed by atoms with Crippen LogP contribution in [-0.4, -0.2) is 16.6 Å². The Bertz CT molecular complexity index is 722.